The van der Waals surface area contributed by atoms with E-state index in [9.17, 15) is 0 Å². The van der Waals surface area contributed by atoms with Crippen molar-refractivity contribution in [1.29, 1.82) is 0 Å². The lowest BCUT2D eigenvalue weighted by Crippen LogP contribution is -1.84. The van der Waals surface area contributed by atoms with E-state index in [1.807, 2.05) is 12.1 Å². The topological polar surface area (TPSA) is 0 Å². The molecule has 1 aromatic carbocycles. The van der Waals surface area contributed by atoms with Crippen molar-refractivity contribution in [2.24, 2.45) is 0 Å². The molecular weight excluding hydrogens is 191 g/mol. The molecule has 0 amide bonds. The monoisotopic (exact) mass is 201 g/mol. The zero-order chi connectivity index (χ0) is 8.97. The van der Waals surface area contributed by atoms with Gasteiger partial charge in [-0.2, -0.15) is 0 Å². The smallest absolute Gasteiger partial charge is 0.0423 e. The van der Waals surface area contributed by atoms with E-state index in [4.69, 9.17) is 23.2 Å². The van der Waals surface area contributed by atoms with E-state index in [1.165, 1.54) is 5.56 Å². The van der Waals surface area contributed by atoms with E-state index in [2.05, 4.69) is 6.92 Å². The van der Waals surface area contributed by atoms with Crippen molar-refractivity contribution in [1.82, 2.24) is 0 Å². The first-order valence-electron chi connectivity index (χ1n) is 3.96. The van der Waals surface area contributed by atoms with Gasteiger partial charge in [0.1, 0.15) is 0 Å². The summed E-state index contributed by atoms with van der Waals surface area (Å²) >= 11 is 11.7. The molecule has 1 rings (SSSR count). The van der Waals surface area contributed by atoms with Crippen LogP contribution in [0.5, 0.6) is 0 Å². The van der Waals surface area contributed by atoms with Crippen LogP contribution in [0.3, 0.4) is 0 Å². The molecule has 0 fully saturated rings. The fraction of sp³-hybridized carbons (Fsp3) is 0.300. The van der Waals surface area contributed by atoms with Gasteiger partial charge in [-0.1, -0.05) is 36.5 Å². The Labute approximate surface area is 83.5 Å². The maximum atomic E-state index is 5.83. The average Bonchev–Trinajstić information content (AvgIpc) is 1.99. The van der Waals surface area contributed by atoms with E-state index in [-0.39, 0.29) is 0 Å². The van der Waals surface area contributed by atoms with Crippen LogP contribution in [-0.2, 0) is 6.42 Å². The standard InChI is InChI=1S/C10H11Cl2/c1-2-3-4-8-5-9(11)7-10(12)6-8/h5-7H,1-4H2. The Bertz CT molecular complexity index is 236. The highest BCUT2D eigenvalue weighted by Gasteiger charge is 1.97. The summed E-state index contributed by atoms with van der Waals surface area (Å²) in [6, 6.07) is 5.64. The Hall–Kier alpha value is -0.200. The summed E-state index contributed by atoms with van der Waals surface area (Å²) in [6.07, 6.45) is 3.03. The molecule has 0 heterocycles. The minimum atomic E-state index is 0.710. The summed E-state index contributed by atoms with van der Waals surface area (Å²) in [6.45, 7) is 3.78. The van der Waals surface area contributed by atoms with Crippen molar-refractivity contribution >= 4 is 23.2 Å². The van der Waals surface area contributed by atoms with Gasteiger partial charge < -0.3 is 0 Å². The van der Waals surface area contributed by atoms with Gasteiger partial charge in [-0.25, -0.2) is 0 Å². The van der Waals surface area contributed by atoms with Gasteiger partial charge in [0.15, 0.2) is 0 Å². The summed E-state index contributed by atoms with van der Waals surface area (Å²) < 4.78 is 0. The third-order valence-corrected chi connectivity index (χ3v) is 2.07. The SMILES string of the molecule is [CH2]CCCc1cc(Cl)cc(Cl)c1. The fourth-order valence-corrected chi connectivity index (χ4v) is 1.66. The highest BCUT2D eigenvalue weighted by molar-refractivity contribution is 6.34. The summed E-state index contributed by atoms with van der Waals surface area (Å²) in [5.74, 6) is 0. The maximum Gasteiger partial charge on any atom is 0.0423 e. The van der Waals surface area contributed by atoms with Crippen molar-refractivity contribution in [2.75, 3.05) is 0 Å². The minimum absolute atomic E-state index is 0.710. The molecule has 0 saturated carbocycles. The predicted octanol–water partition coefficient (Wildman–Crippen LogP) is 4.15. The van der Waals surface area contributed by atoms with E-state index in [1.54, 1.807) is 6.07 Å². The Morgan fingerprint density at radius 3 is 2.17 bits per heavy atom. The molecule has 1 aromatic rings. The van der Waals surface area contributed by atoms with Gasteiger partial charge >= 0.3 is 0 Å². The van der Waals surface area contributed by atoms with E-state index < -0.39 is 0 Å². The zero-order valence-electron chi connectivity index (χ0n) is 6.82. The summed E-state index contributed by atoms with van der Waals surface area (Å²) in [5, 5.41) is 1.42. The molecule has 0 atom stereocenters. The Balaban J connectivity index is 2.72. The van der Waals surface area contributed by atoms with Gasteiger partial charge in [0.05, 0.1) is 0 Å². The van der Waals surface area contributed by atoms with E-state index in [0.717, 1.165) is 19.3 Å². The van der Waals surface area contributed by atoms with Crippen LogP contribution >= 0.6 is 23.2 Å². The normalized spacial score (nSPS) is 10.2. The van der Waals surface area contributed by atoms with Gasteiger partial charge in [-0.3, -0.25) is 0 Å². The molecule has 12 heavy (non-hydrogen) atoms. The number of unbranched alkanes of at least 4 members (excludes halogenated alkanes) is 1. The third-order valence-electron chi connectivity index (χ3n) is 1.64. The Kier molecular flexibility index (Phi) is 3.90. The van der Waals surface area contributed by atoms with Crippen LogP contribution in [0.25, 0.3) is 0 Å². The molecule has 0 aliphatic heterocycles. The number of hydrogen-bond donors (Lipinski definition) is 0. The predicted molar refractivity (Wildman–Crippen MR) is 54.8 cm³/mol. The lowest BCUT2D eigenvalue weighted by molar-refractivity contribution is 0.841. The highest BCUT2D eigenvalue weighted by Crippen LogP contribution is 2.20. The largest absolute Gasteiger partial charge is 0.0843 e. The van der Waals surface area contributed by atoms with Crippen LogP contribution < -0.4 is 0 Å². The quantitative estimate of drug-likeness (QED) is 0.690. The molecule has 0 aliphatic rings. The fourth-order valence-electron chi connectivity index (χ4n) is 1.08. The van der Waals surface area contributed by atoms with Crippen LogP contribution in [0.4, 0.5) is 0 Å². The van der Waals surface area contributed by atoms with Gasteiger partial charge in [0, 0.05) is 10.0 Å². The number of rotatable bonds is 3. The van der Waals surface area contributed by atoms with Gasteiger partial charge in [-0.15, -0.1) is 0 Å². The number of hydrogen-bond acceptors (Lipinski definition) is 0. The molecule has 0 saturated heterocycles. The van der Waals surface area contributed by atoms with Gasteiger partial charge in [0.25, 0.3) is 0 Å². The van der Waals surface area contributed by atoms with Crippen molar-refractivity contribution in [3.63, 3.8) is 0 Å². The van der Waals surface area contributed by atoms with Crippen molar-refractivity contribution < 1.29 is 0 Å². The second-order valence-electron chi connectivity index (χ2n) is 2.73. The Morgan fingerprint density at radius 2 is 1.67 bits per heavy atom. The summed E-state index contributed by atoms with van der Waals surface area (Å²) in [4.78, 5) is 0. The molecule has 0 nitrogen and oxygen atoms in total. The molecule has 0 bridgehead atoms. The molecule has 0 aliphatic carbocycles. The highest BCUT2D eigenvalue weighted by atomic mass is 35.5. The lowest BCUT2D eigenvalue weighted by atomic mass is 10.1. The van der Waals surface area contributed by atoms with Crippen LogP contribution in [-0.4, -0.2) is 0 Å². The Morgan fingerprint density at radius 1 is 1.08 bits per heavy atom. The van der Waals surface area contributed by atoms with Crippen LogP contribution in [0, 0.1) is 6.92 Å². The molecule has 0 N–H and O–H groups in total. The number of aryl methyl sites for hydroxylation is 1. The van der Waals surface area contributed by atoms with Gasteiger partial charge in [-0.05, 0) is 36.6 Å². The summed E-state index contributed by atoms with van der Waals surface area (Å²) in [7, 11) is 0. The maximum absolute atomic E-state index is 5.83. The molecule has 2 heteroatoms. The van der Waals surface area contributed by atoms with Crippen LogP contribution in [0.1, 0.15) is 18.4 Å². The van der Waals surface area contributed by atoms with Gasteiger partial charge in [0.2, 0.25) is 0 Å². The van der Waals surface area contributed by atoms with Crippen LogP contribution in [0.15, 0.2) is 18.2 Å². The summed E-state index contributed by atoms with van der Waals surface area (Å²) in [5.41, 5.74) is 1.19. The van der Waals surface area contributed by atoms with Crippen molar-refractivity contribution in [3.8, 4) is 0 Å². The van der Waals surface area contributed by atoms with Crippen molar-refractivity contribution in [2.45, 2.75) is 19.3 Å². The minimum Gasteiger partial charge on any atom is -0.0843 e. The second-order valence-corrected chi connectivity index (χ2v) is 3.61. The number of benzene rings is 1. The molecule has 1 radical (unpaired) electrons. The third kappa shape index (κ3) is 3.04. The van der Waals surface area contributed by atoms with Crippen LogP contribution in [0.2, 0.25) is 10.0 Å². The zero-order valence-corrected chi connectivity index (χ0v) is 8.33. The first-order chi connectivity index (χ1) is 5.72. The first kappa shape index (κ1) is 9.88. The molecule has 65 valence electrons. The van der Waals surface area contributed by atoms with E-state index >= 15 is 0 Å². The molecule has 0 aromatic heterocycles. The second kappa shape index (κ2) is 4.74. The molecule has 0 spiro atoms. The van der Waals surface area contributed by atoms with E-state index in [0.29, 0.717) is 10.0 Å². The first-order valence-corrected chi connectivity index (χ1v) is 4.72. The molecule has 0 unspecified atom stereocenters. The number of halogens is 2. The average molecular weight is 202 g/mol. The molecular formula is C10H11Cl2. The van der Waals surface area contributed by atoms with Crippen molar-refractivity contribution in [3.05, 3.63) is 40.7 Å². The lowest BCUT2D eigenvalue weighted by Gasteiger charge is -2.01.